The highest BCUT2D eigenvalue weighted by Gasteiger charge is 2.21. The number of hydrogen-bond acceptors (Lipinski definition) is 4. The van der Waals surface area contributed by atoms with Crippen LogP contribution in [-0.2, 0) is 11.2 Å². The van der Waals surface area contributed by atoms with Gasteiger partial charge < -0.3 is 20.5 Å². The molecule has 0 aliphatic rings. The first kappa shape index (κ1) is 17.3. The van der Waals surface area contributed by atoms with Gasteiger partial charge in [-0.05, 0) is 58.4 Å². The molecule has 1 rings (SSSR count). The van der Waals surface area contributed by atoms with Gasteiger partial charge in [0.1, 0.15) is 0 Å². The first-order valence-electron chi connectivity index (χ1n) is 7.12. The van der Waals surface area contributed by atoms with Gasteiger partial charge in [0.15, 0.2) is 17.6 Å². The van der Waals surface area contributed by atoms with Crippen LogP contribution in [0.1, 0.15) is 33.3 Å². The maximum absolute atomic E-state index is 12.0. The van der Waals surface area contributed by atoms with Crippen LogP contribution in [0.2, 0.25) is 0 Å². The van der Waals surface area contributed by atoms with Crippen molar-refractivity contribution in [2.24, 2.45) is 5.73 Å². The van der Waals surface area contributed by atoms with E-state index in [1.807, 2.05) is 39.0 Å². The molecule has 0 saturated heterocycles. The predicted molar refractivity (Wildman–Crippen MR) is 83.7 cm³/mol. The van der Waals surface area contributed by atoms with Crippen LogP contribution in [0.5, 0.6) is 11.5 Å². The Morgan fingerprint density at radius 2 is 2.00 bits per heavy atom. The summed E-state index contributed by atoms with van der Waals surface area (Å²) in [5.74, 6) is 1.00. The molecule has 1 atom stereocenters. The number of rotatable bonds is 6. The van der Waals surface area contributed by atoms with Crippen LogP contribution in [0.25, 0.3) is 0 Å². The standard InChI is InChI=1S/C16H26N2O3/c1-11(15(19)18-16(2,3)4)21-13-7-6-12(8-9-17)10-14(13)20-5/h6-7,10-11H,8-9,17H2,1-5H3,(H,18,19). The van der Waals surface area contributed by atoms with Crippen LogP contribution < -0.4 is 20.5 Å². The van der Waals surface area contributed by atoms with Gasteiger partial charge in [-0.25, -0.2) is 0 Å². The number of nitrogens with two attached hydrogens (primary N) is 1. The molecule has 3 N–H and O–H groups in total. The van der Waals surface area contributed by atoms with E-state index < -0.39 is 6.10 Å². The molecule has 1 aromatic rings. The summed E-state index contributed by atoms with van der Waals surface area (Å²) in [4.78, 5) is 12.0. The Labute approximate surface area is 126 Å². The van der Waals surface area contributed by atoms with Gasteiger partial charge in [-0.1, -0.05) is 6.07 Å². The molecule has 0 saturated carbocycles. The van der Waals surface area contributed by atoms with E-state index >= 15 is 0 Å². The van der Waals surface area contributed by atoms with Gasteiger partial charge in [0, 0.05) is 5.54 Å². The van der Waals surface area contributed by atoms with Crippen molar-refractivity contribution in [2.45, 2.75) is 45.8 Å². The molecule has 0 fully saturated rings. The Balaban J connectivity index is 2.80. The highest BCUT2D eigenvalue weighted by molar-refractivity contribution is 5.81. The lowest BCUT2D eigenvalue weighted by Gasteiger charge is -2.24. The van der Waals surface area contributed by atoms with Crippen molar-refractivity contribution in [1.29, 1.82) is 0 Å². The minimum atomic E-state index is -0.599. The first-order chi connectivity index (χ1) is 9.76. The number of carbonyl (C=O) groups excluding carboxylic acids is 1. The number of carbonyl (C=O) groups is 1. The smallest absolute Gasteiger partial charge is 0.261 e. The molecular weight excluding hydrogens is 268 g/mol. The summed E-state index contributed by atoms with van der Waals surface area (Å²) >= 11 is 0. The van der Waals surface area contributed by atoms with Crippen LogP contribution in [0.3, 0.4) is 0 Å². The number of nitrogens with one attached hydrogen (secondary N) is 1. The molecule has 0 bridgehead atoms. The van der Waals surface area contributed by atoms with Gasteiger partial charge in [-0.2, -0.15) is 0 Å². The molecule has 5 heteroatoms. The number of methoxy groups -OCH3 is 1. The first-order valence-corrected chi connectivity index (χ1v) is 7.12. The van der Waals surface area contributed by atoms with E-state index in [1.54, 1.807) is 14.0 Å². The molecule has 1 amide bonds. The Bertz CT molecular complexity index is 481. The van der Waals surface area contributed by atoms with Crippen molar-refractivity contribution in [3.63, 3.8) is 0 Å². The summed E-state index contributed by atoms with van der Waals surface area (Å²) in [5, 5.41) is 2.89. The molecule has 5 nitrogen and oxygen atoms in total. The summed E-state index contributed by atoms with van der Waals surface area (Å²) in [6, 6.07) is 5.63. The third-order valence-corrected chi connectivity index (χ3v) is 2.83. The highest BCUT2D eigenvalue weighted by atomic mass is 16.5. The molecule has 0 aliphatic heterocycles. The van der Waals surface area contributed by atoms with Crippen molar-refractivity contribution in [3.05, 3.63) is 23.8 Å². The fraction of sp³-hybridized carbons (Fsp3) is 0.562. The lowest BCUT2D eigenvalue weighted by molar-refractivity contribution is -0.128. The summed E-state index contributed by atoms with van der Waals surface area (Å²) in [6.07, 6.45) is 0.176. The van der Waals surface area contributed by atoms with Crippen LogP contribution >= 0.6 is 0 Å². The van der Waals surface area contributed by atoms with Crippen molar-refractivity contribution in [3.8, 4) is 11.5 Å². The summed E-state index contributed by atoms with van der Waals surface area (Å²) in [7, 11) is 1.58. The Hall–Kier alpha value is -1.75. The number of ether oxygens (including phenoxy) is 2. The van der Waals surface area contributed by atoms with Crippen LogP contribution in [0.15, 0.2) is 18.2 Å². The molecule has 0 aliphatic carbocycles. The van der Waals surface area contributed by atoms with Crippen molar-refractivity contribution >= 4 is 5.91 Å². The molecule has 1 aromatic carbocycles. The Morgan fingerprint density at radius 3 is 2.52 bits per heavy atom. The molecular formula is C16H26N2O3. The second kappa shape index (κ2) is 7.31. The summed E-state index contributed by atoms with van der Waals surface area (Å²) in [5.41, 5.74) is 6.33. The van der Waals surface area contributed by atoms with Crippen molar-refractivity contribution < 1.29 is 14.3 Å². The van der Waals surface area contributed by atoms with Crippen molar-refractivity contribution in [1.82, 2.24) is 5.32 Å². The van der Waals surface area contributed by atoms with Gasteiger partial charge in [0.25, 0.3) is 5.91 Å². The maximum Gasteiger partial charge on any atom is 0.261 e. The quantitative estimate of drug-likeness (QED) is 0.840. The number of benzene rings is 1. The van der Waals surface area contributed by atoms with E-state index in [9.17, 15) is 4.79 Å². The highest BCUT2D eigenvalue weighted by Crippen LogP contribution is 2.29. The average Bonchev–Trinajstić information content (AvgIpc) is 2.38. The summed E-state index contributed by atoms with van der Waals surface area (Å²) < 4.78 is 11.0. The molecule has 21 heavy (non-hydrogen) atoms. The lowest BCUT2D eigenvalue weighted by atomic mass is 10.1. The zero-order chi connectivity index (χ0) is 16.0. The summed E-state index contributed by atoms with van der Waals surface area (Å²) in [6.45, 7) is 8.08. The monoisotopic (exact) mass is 294 g/mol. The van der Waals surface area contributed by atoms with Crippen molar-refractivity contribution in [2.75, 3.05) is 13.7 Å². The minimum Gasteiger partial charge on any atom is -0.493 e. The average molecular weight is 294 g/mol. The zero-order valence-corrected chi connectivity index (χ0v) is 13.5. The predicted octanol–water partition coefficient (Wildman–Crippen LogP) is 1.88. The number of hydrogen-bond donors (Lipinski definition) is 2. The maximum atomic E-state index is 12.0. The van der Waals surface area contributed by atoms with Gasteiger partial charge in [0.2, 0.25) is 0 Å². The zero-order valence-electron chi connectivity index (χ0n) is 13.5. The van der Waals surface area contributed by atoms with Crippen LogP contribution in [0.4, 0.5) is 0 Å². The minimum absolute atomic E-state index is 0.157. The molecule has 0 spiro atoms. The molecule has 0 heterocycles. The van der Waals surface area contributed by atoms with E-state index in [1.165, 1.54) is 0 Å². The number of amides is 1. The second-order valence-corrected chi connectivity index (χ2v) is 6.02. The SMILES string of the molecule is COc1cc(CCN)ccc1OC(C)C(=O)NC(C)(C)C. The van der Waals surface area contributed by atoms with Crippen LogP contribution in [0, 0.1) is 0 Å². The largest absolute Gasteiger partial charge is 0.493 e. The third-order valence-electron chi connectivity index (χ3n) is 2.83. The van der Waals surface area contributed by atoms with E-state index in [0.717, 1.165) is 12.0 Å². The lowest BCUT2D eigenvalue weighted by Crippen LogP contribution is -2.46. The normalized spacial score (nSPS) is 12.7. The van der Waals surface area contributed by atoms with E-state index in [0.29, 0.717) is 18.0 Å². The fourth-order valence-electron chi connectivity index (χ4n) is 1.85. The second-order valence-electron chi connectivity index (χ2n) is 6.02. The molecule has 0 radical (unpaired) electrons. The fourth-order valence-corrected chi connectivity index (χ4v) is 1.85. The van der Waals surface area contributed by atoms with Gasteiger partial charge in [-0.15, -0.1) is 0 Å². The Morgan fingerprint density at radius 1 is 1.33 bits per heavy atom. The van der Waals surface area contributed by atoms with E-state index in [-0.39, 0.29) is 11.4 Å². The molecule has 1 unspecified atom stereocenters. The topological polar surface area (TPSA) is 73.6 Å². The Kier molecular flexibility index (Phi) is 6.03. The van der Waals surface area contributed by atoms with E-state index in [4.69, 9.17) is 15.2 Å². The van der Waals surface area contributed by atoms with Gasteiger partial charge in [0.05, 0.1) is 7.11 Å². The van der Waals surface area contributed by atoms with Gasteiger partial charge >= 0.3 is 0 Å². The van der Waals surface area contributed by atoms with Gasteiger partial charge in [-0.3, -0.25) is 4.79 Å². The molecule has 0 aromatic heterocycles. The van der Waals surface area contributed by atoms with E-state index in [2.05, 4.69) is 5.32 Å². The molecule has 118 valence electrons. The van der Waals surface area contributed by atoms with Crippen LogP contribution in [-0.4, -0.2) is 31.2 Å². The third kappa shape index (κ3) is 5.63.